The molecule has 3 aromatic rings. The lowest BCUT2D eigenvalue weighted by Gasteiger charge is -2.29. The number of urea groups is 1. The van der Waals surface area contributed by atoms with E-state index in [-0.39, 0.29) is 30.2 Å². The summed E-state index contributed by atoms with van der Waals surface area (Å²) in [6, 6.07) is 14.4. The highest BCUT2D eigenvalue weighted by Gasteiger charge is 2.34. The van der Waals surface area contributed by atoms with Crippen molar-refractivity contribution in [1.82, 2.24) is 20.4 Å². The second kappa shape index (κ2) is 9.11. The van der Waals surface area contributed by atoms with E-state index in [1.54, 1.807) is 55.5 Å². The number of aromatic nitrogens is 2. The predicted molar refractivity (Wildman–Crippen MR) is 116 cm³/mol. The van der Waals surface area contributed by atoms with Gasteiger partial charge >= 0.3 is 17.8 Å². The molecule has 2 amide bonds. The summed E-state index contributed by atoms with van der Waals surface area (Å²) in [6.07, 6.45) is 0. The van der Waals surface area contributed by atoms with Gasteiger partial charge in [-0.15, -0.1) is 0 Å². The molecule has 0 spiro atoms. The van der Waals surface area contributed by atoms with E-state index in [2.05, 4.69) is 15.8 Å². The average molecular weight is 455 g/mol. The van der Waals surface area contributed by atoms with Gasteiger partial charge in [0.25, 0.3) is 0 Å². The Balaban J connectivity index is 1.82. The van der Waals surface area contributed by atoms with E-state index in [4.69, 9.17) is 20.9 Å². The molecule has 9 nitrogen and oxygen atoms in total. The first kappa shape index (κ1) is 21.4. The minimum absolute atomic E-state index is 0.138. The normalized spacial score (nSPS) is 15.8. The molecule has 2 N–H and O–H groups in total. The zero-order valence-electron chi connectivity index (χ0n) is 17.0. The standard InChI is InChI=1S/C22H19ClN4O5/c1-2-31-20(28)17-16(24-21(29)25-18(17)13-8-10-15(23)11-9-13)12-27-19(26-32-22(27)30)14-6-4-3-5-7-14/h3-11,18H,2,12H2,1H3,(H2,24,25,29). The van der Waals surface area contributed by atoms with Crippen LogP contribution in [0.25, 0.3) is 11.4 Å². The number of allylic oxidation sites excluding steroid dienone is 1. The number of rotatable bonds is 6. The summed E-state index contributed by atoms with van der Waals surface area (Å²) in [5.74, 6) is -1.08. The quantitative estimate of drug-likeness (QED) is 0.553. The number of esters is 1. The number of halogens is 1. The first-order valence-electron chi connectivity index (χ1n) is 9.83. The number of amides is 2. The lowest BCUT2D eigenvalue weighted by Crippen LogP contribution is -2.47. The predicted octanol–water partition coefficient (Wildman–Crippen LogP) is 3.03. The third-order valence-corrected chi connectivity index (χ3v) is 5.14. The first-order valence-corrected chi connectivity index (χ1v) is 10.2. The number of nitrogens with one attached hydrogen (secondary N) is 2. The van der Waals surface area contributed by atoms with Gasteiger partial charge in [-0.2, -0.15) is 0 Å². The number of benzene rings is 2. The summed E-state index contributed by atoms with van der Waals surface area (Å²) < 4.78 is 11.4. The Morgan fingerprint density at radius 3 is 2.56 bits per heavy atom. The van der Waals surface area contributed by atoms with Gasteiger partial charge < -0.3 is 15.4 Å². The van der Waals surface area contributed by atoms with Crippen LogP contribution in [0.1, 0.15) is 18.5 Å². The van der Waals surface area contributed by atoms with Crippen LogP contribution in [0.2, 0.25) is 5.02 Å². The van der Waals surface area contributed by atoms with E-state index in [9.17, 15) is 14.4 Å². The van der Waals surface area contributed by atoms with Crippen LogP contribution in [0.15, 0.2) is 75.2 Å². The summed E-state index contributed by atoms with van der Waals surface area (Å²) in [7, 11) is 0. The average Bonchev–Trinajstić information content (AvgIpc) is 3.14. The van der Waals surface area contributed by atoms with Gasteiger partial charge in [0.1, 0.15) is 0 Å². The molecule has 10 heteroatoms. The van der Waals surface area contributed by atoms with E-state index in [0.29, 0.717) is 16.1 Å². The molecule has 164 valence electrons. The Morgan fingerprint density at radius 1 is 1.16 bits per heavy atom. The van der Waals surface area contributed by atoms with E-state index in [1.165, 1.54) is 4.57 Å². The monoisotopic (exact) mass is 454 g/mol. The highest BCUT2D eigenvalue weighted by molar-refractivity contribution is 6.30. The summed E-state index contributed by atoms with van der Waals surface area (Å²) in [5.41, 5.74) is 1.65. The van der Waals surface area contributed by atoms with Crippen molar-refractivity contribution in [3.63, 3.8) is 0 Å². The lowest BCUT2D eigenvalue weighted by atomic mass is 9.95. The van der Waals surface area contributed by atoms with Crippen molar-refractivity contribution in [2.24, 2.45) is 0 Å². The largest absolute Gasteiger partial charge is 0.463 e. The number of carbonyl (C=O) groups excluding carboxylic acids is 2. The van der Waals surface area contributed by atoms with Crippen molar-refractivity contribution in [3.05, 3.63) is 87.0 Å². The van der Waals surface area contributed by atoms with Gasteiger partial charge in [-0.3, -0.25) is 9.09 Å². The van der Waals surface area contributed by atoms with Crippen LogP contribution in [0.4, 0.5) is 4.79 Å². The fourth-order valence-electron chi connectivity index (χ4n) is 3.46. The van der Waals surface area contributed by atoms with Crippen LogP contribution in [0.3, 0.4) is 0 Å². The van der Waals surface area contributed by atoms with Gasteiger partial charge in [0.2, 0.25) is 0 Å². The maximum Gasteiger partial charge on any atom is 0.442 e. The third kappa shape index (κ3) is 4.28. The molecular formula is C22H19ClN4O5. The van der Waals surface area contributed by atoms with Crippen molar-refractivity contribution in [2.75, 3.05) is 6.61 Å². The van der Waals surface area contributed by atoms with E-state index >= 15 is 0 Å². The van der Waals surface area contributed by atoms with Crippen molar-refractivity contribution in [1.29, 1.82) is 0 Å². The molecule has 0 radical (unpaired) electrons. The molecule has 1 aromatic heterocycles. The van der Waals surface area contributed by atoms with Gasteiger partial charge in [0, 0.05) is 10.6 Å². The fourth-order valence-corrected chi connectivity index (χ4v) is 3.58. The summed E-state index contributed by atoms with van der Waals surface area (Å²) in [5, 5.41) is 9.74. The van der Waals surface area contributed by atoms with Crippen LogP contribution in [0, 0.1) is 0 Å². The Labute approximate surface area is 187 Å². The molecule has 2 heterocycles. The molecule has 0 bridgehead atoms. The molecule has 1 aliphatic rings. The first-order chi connectivity index (χ1) is 15.5. The number of nitrogens with zero attached hydrogens (tertiary/aromatic N) is 2. The molecule has 1 atom stereocenters. The van der Waals surface area contributed by atoms with E-state index < -0.39 is 23.8 Å². The van der Waals surface area contributed by atoms with Gasteiger partial charge in [0.15, 0.2) is 5.82 Å². The van der Waals surface area contributed by atoms with Gasteiger partial charge in [-0.05, 0) is 24.6 Å². The topological polar surface area (TPSA) is 115 Å². The van der Waals surface area contributed by atoms with Crippen molar-refractivity contribution >= 4 is 23.6 Å². The molecule has 1 aliphatic heterocycles. The van der Waals surface area contributed by atoms with Gasteiger partial charge in [0.05, 0.1) is 30.5 Å². The van der Waals surface area contributed by atoms with Crippen LogP contribution in [0.5, 0.6) is 0 Å². The molecule has 32 heavy (non-hydrogen) atoms. The molecule has 1 unspecified atom stereocenters. The molecule has 0 fully saturated rings. The maximum atomic E-state index is 12.9. The Kier molecular flexibility index (Phi) is 6.09. The molecule has 0 aliphatic carbocycles. The second-order valence-corrected chi connectivity index (χ2v) is 7.36. The summed E-state index contributed by atoms with van der Waals surface area (Å²) in [4.78, 5) is 37.8. The molecular weight excluding hydrogens is 436 g/mol. The second-order valence-electron chi connectivity index (χ2n) is 6.92. The third-order valence-electron chi connectivity index (χ3n) is 4.89. The Hall–Kier alpha value is -3.85. The van der Waals surface area contributed by atoms with Crippen molar-refractivity contribution in [3.8, 4) is 11.4 Å². The van der Waals surface area contributed by atoms with Crippen LogP contribution in [-0.4, -0.2) is 28.3 Å². The molecule has 2 aromatic carbocycles. The van der Waals surface area contributed by atoms with E-state index in [0.717, 1.165) is 0 Å². The number of hydrogen-bond acceptors (Lipinski definition) is 6. The number of ether oxygens (including phenoxy) is 1. The molecule has 0 saturated heterocycles. The smallest absolute Gasteiger partial charge is 0.442 e. The number of carbonyl (C=O) groups is 2. The van der Waals surface area contributed by atoms with Gasteiger partial charge in [-0.1, -0.05) is 59.2 Å². The molecule has 0 saturated carbocycles. The van der Waals surface area contributed by atoms with Crippen molar-refractivity contribution < 1.29 is 18.8 Å². The SMILES string of the molecule is CCOC(=O)C1=C(Cn2c(-c3ccccc3)noc2=O)NC(=O)NC1c1ccc(Cl)cc1. The summed E-state index contributed by atoms with van der Waals surface area (Å²) >= 11 is 5.99. The fraction of sp³-hybridized carbons (Fsp3) is 0.182. The Morgan fingerprint density at radius 2 is 1.88 bits per heavy atom. The minimum atomic E-state index is -0.800. The maximum absolute atomic E-state index is 12.9. The van der Waals surface area contributed by atoms with E-state index in [1.807, 2.05) is 6.07 Å². The Bertz CT molecular complexity index is 1230. The zero-order chi connectivity index (χ0) is 22.7. The minimum Gasteiger partial charge on any atom is -0.463 e. The molecule has 4 rings (SSSR count). The van der Waals surface area contributed by atoms with Crippen LogP contribution < -0.4 is 16.4 Å². The van der Waals surface area contributed by atoms with Crippen LogP contribution in [-0.2, 0) is 16.1 Å². The highest BCUT2D eigenvalue weighted by Crippen LogP contribution is 2.29. The van der Waals surface area contributed by atoms with Crippen LogP contribution >= 0.6 is 11.6 Å². The summed E-state index contributed by atoms with van der Waals surface area (Å²) in [6.45, 7) is 1.67. The van der Waals surface area contributed by atoms with Crippen molar-refractivity contribution in [2.45, 2.75) is 19.5 Å². The number of hydrogen-bond donors (Lipinski definition) is 2. The lowest BCUT2D eigenvalue weighted by molar-refractivity contribution is -0.139. The zero-order valence-corrected chi connectivity index (χ0v) is 17.8. The van der Waals surface area contributed by atoms with Gasteiger partial charge in [-0.25, -0.2) is 14.4 Å². The highest BCUT2D eigenvalue weighted by atomic mass is 35.5.